The zero-order chi connectivity index (χ0) is 9.58. The second kappa shape index (κ2) is 109. The third-order valence-electron chi connectivity index (χ3n) is 0. The summed E-state index contributed by atoms with van der Waals surface area (Å²) in [7, 11) is 0. The third-order valence-corrected chi connectivity index (χ3v) is 0. The molecule has 0 fully saturated rings. The van der Waals surface area contributed by atoms with Crippen LogP contribution < -0.4 is 0 Å². The molecule has 0 saturated carbocycles. The van der Waals surface area contributed by atoms with Crippen molar-refractivity contribution in [2.75, 3.05) is 0 Å². The monoisotopic (exact) mass is 300 g/mol. The average molecular weight is 300 g/mol. The van der Waals surface area contributed by atoms with Crippen LogP contribution in [0.1, 0.15) is 77.2 Å². The fourth-order valence-corrected chi connectivity index (χ4v) is 0. The van der Waals surface area contributed by atoms with Gasteiger partial charge in [-0.3, -0.25) is 0 Å². The van der Waals surface area contributed by atoms with Gasteiger partial charge in [0.25, 0.3) is 0 Å². The predicted octanol–water partition coefficient (Wildman–Crippen LogP) is 6.01. The Labute approximate surface area is 192 Å². The normalized spacial score (nSPS) is 3.60. The van der Waals surface area contributed by atoms with E-state index in [1.165, 1.54) is 0 Å². The molecule has 0 N–H and O–H groups in total. The van der Waals surface area contributed by atoms with Crippen molar-refractivity contribution in [3.8, 4) is 0 Å². The minimum absolute atomic E-state index is 0. The van der Waals surface area contributed by atoms with Gasteiger partial charge in [-0.05, 0) is 5.92 Å². The molecule has 0 aromatic rings. The molecule has 0 aliphatic heterocycles. The first kappa shape index (κ1) is 62.1. The Morgan fingerprint density at radius 2 is 0.467 bits per heavy atom. The van der Waals surface area contributed by atoms with Gasteiger partial charge >= 0.3 is 0 Å². The smallest absolute Gasteiger partial charge is 0 e. The molecule has 0 saturated heterocycles. The average Bonchev–Trinajstić information content (AvgIpc) is 1.98. The Hall–Kier alpha value is 3.78. The zero-order valence-corrected chi connectivity index (χ0v) is 12.8. The van der Waals surface area contributed by atoms with E-state index in [4.69, 9.17) is 0 Å². The van der Waals surface area contributed by atoms with Crippen molar-refractivity contribution >= 4 is 0 Å². The maximum Gasteiger partial charge on any atom is 0 e. The summed E-state index contributed by atoms with van der Waals surface area (Å²) in [6, 6.07) is 0. The van der Waals surface area contributed by atoms with E-state index < -0.39 is 0 Å². The van der Waals surface area contributed by atoms with Gasteiger partial charge in [-0.2, -0.15) is 0 Å². The Kier molecular flexibility index (Phi) is 451. The maximum atomic E-state index is 2.17. The second-order valence-electron chi connectivity index (χ2n) is 1.73. The fourth-order valence-electron chi connectivity index (χ4n) is 0. The molecule has 0 bridgehead atoms. The topological polar surface area (TPSA) is 0 Å². The fraction of sp³-hybridized carbons (Fsp3) is 1.00. The Balaban J connectivity index is -0.00000000432. The molecule has 108 valence electrons. The van der Waals surface area contributed by atoms with E-state index in [2.05, 4.69) is 20.8 Å². The van der Waals surface area contributed by atoms with Gasteiger partial charge in [0.1, 0.15) is 0 Å². The Morgan fingerprint density at radius 3 is 0.467 bits per heavy atom. The molecular formula is C12H36Ar3. The minimum atomic E-state index is 0. The summed E-state index contributed by atoms with van der Waals surface area (Å²) in [4.78, 5) is 0. The van der Waals surface area contributed by atoms with Crippen LogP contribution in [-0.2, 0) is 0 Å². The van der Waals surface area contributed by atoms with Crippen molar-refractivity contribution in [3.63, 3.8) is 0 Å². The van der Waals surface area contributed by atoms with Crippen molar-refractivity contribution in [1.82, 2.24) is 0 Å². The molecule has 0 aromatic carbocycles. The molecule has 0 aromatic heterocycles. The molecule has 0 spiro atoms. The van der Waals surface area contributed by atoms with E-state index in [0.717, 1.165) is 5.92 Å². The first-order valence-corrected chi connectivity index (χ1v) is 4.73. The molecule has 0 atom stereocenters. The predicted molar refractivity (Wildman–Crippen MR) is 68.0 cm³/mol. The SMILES string of the molecule is C.C.CC.CC.CC.CC(C)C.[Ar].[Ar].[Ar]. The standard InChI is InChI=1S/C4H10.3C2H6.2CH4.3Ar/c1-4(2)3;3*1-2;;;;;/h4H,1-3H3;3*1-2H3;2*1H4;;;. The van der Waals surface area contributed by atoms with Gasteiger partial charge in [0.2, 0.25) is 0 Å². The van der Waals surface area contributed by atoms with Crippen molar-refractivity contribution in [1.29, 1.82) is 0 Å². The first-order chi connectivity index (χ1) is 4.73. The Bertz CT molecular complexity index is 15.6. The molecule has 0 radical (unpaired) electrons. The van der Waals surface area contributed by atoms with E-state index in [1.54, 1.807) is 0 Å². The minimum Gasteiger partial charge on any atom is -0.0776 e. The van der Waals surface area contributed by atoms with Crippen LogP contribution in [0.2, 0.25) is 0 Å². The van der Waals surface area contributed by atoms with Crippen molar-refractivity contribution in [2.45, 2.75) is 77.2 Å². The summed E-state index contributed by atoms with van der Waals surface area (Å²) in [5.41, 5.74) is 0. The van der Waals surface area contributed by atoms with Crippen LogP contribution in [0.15, 0.2) is 0 Å². The summed E-state index contributed by atoms with van der Waals surface area (Å²) in [6.07, 6.45) is 0. The molecule has 0 unspecified atom stereocenters. The van der Waals surface area contributed by atoms with E-state index in [-0.39, 0.29) is 128 Å². The van der Waals surface area contributed by atoms with Crippen molar-refractivity contribution in [3.05, 3.63) is 0 Å². The van der Waals surface area contributed by atoms with Gasteiger partial charge in [-0.1, -0.05) is 77.2 Å². The summed E-state index contributed by atoms with van der Waals surface area (Å²) < 4.78 is 0. The van der Waals surface area contributed by atoms with Crippen LogP contribution in [0, 0.1) is 119 Å². The van der Waals surface area contributed by atoms with E-state index >= 15 is 0 Å². The van der Waals surface area contributed by atoms with Crippen LogP contribution in [0.5, 0.6) is 0 Å². The third kappa shape index (κ3) is 310. The summed E-state index contributed by atoms with van der Waals surface area (Å²) in [5, 5.41) is 0. The van der Waals surface area contributed by atoms with Crippen LogP contribution >= 0.6 is 0 Å². The molecule has 0 amide bonds. The summed E-state index contributed by atoms with van der Waals surface area (Å²) in [5.74, 6) is 0.833. The second-order valence-corrected chi connectivity index (χ2v) is 1.73. The van der Waals surface area contributed by atoms with Gasteiger partial charge in [0.15, 0.2) is 0 Å². The Morgan fingerprint density at radius 1 is 0.467 bits per heavy atom. The molecule has 3 heteroatoms. The summed E-state index contributed by atoms with van der Waals surface area (Å²) in [6.45, 7) is 18.5. The van der Waals surface area contributed by atoms with Crippen molar-refractivity contribution < 1.29 is 113 Å². The van der Waals surface area contributed by atoms with E-state index in [9.17, 15) is 0 Å². The van der Waals surface area contributed by atoms with Crippen LogP contribution in [0.25, 0.3) is 0 Å². The molecule has 0 heterocycles. The number of hydrogen-bond donors (Lipinski definition) is 0. The van der Waals surface area contributed by atoms with Gasteiger partial charge in [0, 0.05) is 113 Å². The van der Waals surface area contributed by atoms with Crippen LogP contribution in [-0.4, -0.2) is 0 Å². The van der Waals surface area contributed by atoms with Crippen LogP contribution in [0.3, 0.4) is 0 Å². The van der Waals surface area contributed by atoms with Gasteiger partial charge in [0.05, 0.1) is 0 Å². The van der Waals surface area contributed by atoms with Gasteiger partial charge in [-0.25, -0.2) is 0 Å². The number of hydrogen-bond acceptors (Lipinski definition) is 0. The molecule has 0 aliphatic rings. The summed E-state index contributed by atoms with van der Waals surface area (Å²) >= 11 is 0. The van der Waals surface area contributed by atoms with Crippen LogP contribution in [0.4, 0.5) is 0 Å². The molecule has 0 rings (SSSR count). The molecule has 15 heavy (non-hydrogen) atoms. The molecular weight excluding hydrogens is 264 g/mol. The van der Waals surface area contributed by atoms with Gasteiger partial charge in [-0.15, -0.1) is 0 Å². The van der Waals surface area contributed by atoms with Gasteiger partial charge < -0.3 is 0 Å². The molecule has 0 aliphatic carbocycles. The first-order valence-electron chi connectivity index (χ1n) is 4.73. The van der Waals surface area contributed by atoms with E-state index in [0.29, 0.717) is 0 Å². The van der Waals surface area contributed by atoms with E-state index in [1.807, 2.05) is 41.5 Å². The number of rotatable bonds is 0. The largest absolute Gasteiger partial charge is 0.0776 e. The maximum absolute atomic E-state index is 2.17. The molecule has 0 nitrogen and oxygen atoms in total. The van der Waals surface area contributed by atoms with Crippen molar-refractivity contribution in [2.24, 2.45) is 5.92 Å². The zero-order valence-electron chi connectivity index (χ0n) is 10.6. The quantitative estimate of drug-likeness (QED) is 0.513.